The average Bonchev–Trinajstić information content (AvgIpc) is 2.73. The summed E-state index contributed by atoms with van der Waals surface area (Å²) >= 11 is 0. The number of alkyl carbamates (subject to hydrolysis) is 1. The molecule has 2 N–H and O–H groups in total. The Morgan fingerprint density at radius 3 is 2.14 bits per heavy atom. The number of piperidine rings is 1. The Balaban J connectivity index is 2.24. The van der Waals surface area contributed by atoms with Gasteiger partial charge < -0.3 is 15.4 Å². The minimum atomic E-state index is -0.568. The van der Waals surface area contributed by atoms with Gasteiger partial charge in [-0.3, -0.25) is 9.69 Å². The van der Waals surface area contributed by atoms with Gasteiger partial charge >= 0.3 is 6.09 Å². The SMILES string of the molecule is CC(C)CC(/C=C/[C@H](Cc1ccccc1)C(=O)NC1CC(C)(C)N(C)C(C)(C)C1)NC(=O)OC(C)(C)C. The van der Waals surface area contributed by atoms with E-state index in [-0.39, 0.29) is 35.0 Å². The van der Waals surface area contributed by atoms with Crippen LogP contribution in [-0.4, -0.2) is 52.7 Å². The highest BCUT2D eigenvalue weighted by Gasteiger charge is 2.43. The quantitative estimate of drug-likeness (QED) is 0.391. The van der Waals surface area contributed by atoms with Gasteiger partial charge in [0.05, 0.1) is 12.0 Å². The lowest BCUT2D eigenvalue weighted by molar-refractivity contribution is -0.125. The van der Waals surface area contributed by atoms with E-state index in [4.69, 9.17) is 4.74 Å². The number of rotatable bonds is 9. The largest absolute Gasteiger partial charge is 0.444 e. The van der Waals surface area contributed by atoms with Crippen molar-refractivity contribution in [3.63, 3.8) is 0 Å². The number of benzene rings is 1. The smallest absolute Gasteiger partial charge is 0.408 e. The average molecular weight is 514 g/mol. The van der Waals surface area contributed by atoms with Gasteiger partial charge in [-0.05, 0) is 92.7 Å². The molecule has 6 heteroatoms. The van der Waals surface area contributed by atoms with Crippen LogP contribution in [0, 0.1) is 11.8 Å². The summed E-state index contributed by atoms with van der Waals surface area (Å²) in [6.07, 6.45) is 6.66. The second kappa shape index (κ2) is 12.5. The van der Waals surface area contributed by atoms with Crippen molar-refractivity contribution in [1.82, 2.24) is 15.5 Å². The van der Waals surface area contributed by atoms with Crippen molar-refractivity contribution >= 4 is 12.0 Å². The lowest BCUT2D eigenvalue weighted by Crippen LogP contribution is -2.62. The summed E-state index contributed by atoms with van der Waals surface area (Å²) in [7, 11) is 2.17. The molecule has 0 saturated carbocycles. The molecule has 1 aliphatic heterocycles. The molecule has 2 rings (SSSR count). The summed E-state index contributed by atoms with van der Waals surface area (Å²) in [6.45, 7) is 18.8. The molecule has 0 radical (unpaired) electrons. The molecule has 0 spiro atoms. The number of hydrogen-bond acceptors (Lipinski definition) is 4. The van der Waals surface area contributed by atoms with Crippen molar-refractivity contribution in [3.8, 4) is 0 Å². The van der Waals surface area contributed by atoms with E-state index < -0.39 is 11.7 Å². The molecule has 1 aromatic rings. The normalized spacial score (nSPS) is 20.0. The molecule has 37 heavy (non-hydrogen) atoms. The Hall–Kier alpha value is -2.34. The van der Waals surface area contributed by atoms with Gasteiger partial charge in [0.2, 0.25) is 5.91 Å². The Labute approximate surface area is 225 Å². The van der Waals surface area contributed by atoms with Crippen LogP contribution in [0.25, 0.3) is 0 Å². The lowest BCUT2D eigenvalue weighted by Gasteiger charge is -2.53. The van der Waals surface area contributed by atoms with E-state index >= 15 is 0 Å². The number of nitrogens with zero attached hydrogens (tertiary/aromatic N) is 1. The Kier molecular flexibility index (Phi) is 10.4. The summed E-state index contributed by atoms with van der Waals surface area (Å²) in [4.78, 5) is 28.6. The molecular weight excluding hydrogens is 462 g/mol. The van der Waals surface area contributed by atoms with Crippen LogP contribution in [0.4, 0.5) is 4.79 Å². The molecule has 0 aliphatic carbocycles. The van der Waals surface area contributed by atoms with Crippen molar-refractivity contribution in [3.05, 3.63) is 48.0 Å². The van der Waals surface area contributed by atoms with Gasteiger partial charge in [-0.15, -0.1) is 0 Å². The number of nitrogens with one attached hydrogen (secondary N) is 2. The van der Waals surface area contributed by atoms with Gasteiger partial charge in [0, 0.05) is 17.1 Å². The van der Waals surface area contributed by atoms with Crippen molar-refractivity contribution in [2.45, 2.75) is 117 Å². The monoisotopic (exact) mass is 513 g/mol. The number of ether oxygens (including phenoxy) is 1. The fraction of sp³-hybridized carbons (Fsp3) is 0.677. The first-order chi connectivity index (χ1) is 17.0. The predicted octanol–water partition coefficient (Wildman–Crippen LogP) is 6.11. The highest BCUT2D eigenvalue weighted by molar-refractivity contribution is 5.81. The van der Waals surface area contributed by atoms with Crippen LogP contribution in [-0.2, 0) is 16.0 Å². The first-order valence-corrected chi connectivity index (χ1v) is 13.7. The Bertz CT molecular complexity index is 897. The van der Waals surface area contributed by atoms with E-state index in [1.54, 1.807) is 0 Å². The summed E-state index contributed by atoms with van der Waals surface area (Å²) in [6, 6.07) is 9.99. The minimum Gasteiger partial charge on any atom is -0.444 e. The standard InChI is InChI=1S/C31H51N3O3/c1-22(2)18-25(33-28(36)37-29(3,4)5)17-16-24(19-23-14-12-11-13-15-23)27(35)32-26-20-30(6,7)34(10)31(8,9)21-26/h11-17,22,24-26H,18-21H2,1-10H3,(H,32,35)(H,33,36)/b17-16+/t24-,25?/m1/s1. The number of carbonyl (C=O) groups excluding carboxylic acids is 2. The molecule has 1 unspecified atom stereocenters. The summed E-state index contributed by atoms with van der Waals surface area (Å²) in [5.74, 6) is 0.0554. The van der Waals surface area contributed by atoms with Gasteiger partial charge in [-0.2, -0.15) is 0 Å². The van der Waals surface area contributed by atoms with Crippen LogP contribution in [0.1, 0.15) is 87.1 Å². The van der Waals surface area contributed by atoms with Crippen LogP contribution in [0.2, 0.25) is 0 Å². The fourth-order valence-corrected chi connectivity index (χ4v) is 5.32. The van der Waals surface area contributed by atoms with Crippen molar-refractivity contribution in [2.24, 2.45) is 11.8 Å². The molecule has 1 fully saturated rings. The highest BCUT2D eigenvalue weighted by Crippen LogP contribution is 2.37. The summed E-state index contributed by atoms with van der Waals surface area (Å²) in [5.41, 5.74) is 0.521. The maximum atomic E-state index is 13.7. The second-order valence-electron chi connectivity index (χ2n) is 13.4. The minimum absolute atomic E-state index is 0.00976. The van der Waals surface area contributed by atoms with Crippen molar-refractivity contribution in [1.29, 1.82) is 0 Å². The molecule has 1 aliphatic rings. The first-order valence-electron chi connectivity index (χ1n) is 13.7. The predicted molar refractivity (Wildman–Crippen MR) is 152 cm³/mol. The molecule has 1 saturated heterocycles. The fourth-order valence-electron chi connectivity index (χ4n) is 5.32. The molecule has 2 amide bonds. The van der Waals surface area contributed by atoms with Crippen LogP contribution < -0.4 is 10.6 Å². The third-order valence-electron chi connectivity index (χ3n) is 7.29. The third kappa shape index (κ3) is 10.1. The maximum Gasteiger partial charge on any atom is 0.408 e. The molecule has 0 aromatic heterocycles. The van der Waals surface area contributed by atoms with Gasteiger partial charge in [0.1, 0.15) is 5.60 Å². The van der Waals surface area contributed by atoms with Crippen LogP contribution in [0.15, 0.2) is 42.5 Å². The van der Waals surface area contributed by atoms with E-state index in [1.165, 1.54) is 0 Å². The Morgan fingerprint density at radius 2 is 1.62 bits per heavy atom. The topological polar surface area (TPSA) is 70.7 Å². The molecule has 0 bridgehead atoms. The zero-order valence-electron chi connectivity index (χ0n) is 24.9. The van der Waals surface area contributed by atoms with Gasteiger partial charge in [0.15, 0.2) is 0 Å². The van der Waals surface area contributed by atoms with Crippen molar-refractivity contribution in [2.75, 3.05) is 7.05 Å². The third-order valence-corrected chi connectivity index (χ3v) is 7.29. The Morgan fingerprint density at radius 1 is 1.05 bits per heavy atom. The molecule has 2 atom stereocenters. The number of carbonyl (C=O) groups is 2. The van der Waals surface area contributed by atoms with Crippen LogP contribution in [0.5, 0.6) is 0 Å². The van der Waals surface area contributed by atoms with E-state index in [9.17, 15) is 9.59 Å². The molecule has 6 nitrogen and oxygen atoms in total. The van der Waals surface area contributed by atoms with Crippen molar-refractivity contribution < 1.29 is 14.3 Å². The molecular formula is C31H51N3O3. The van der Waals surface area contributed by atoms with Gasteiger partial charge in [-0.25, -0.2) is 4.79 Å². The summed E-state index contributed by atoms with van der Waals surface area (Å²) in [5, 5.41) is 6.36. The lowest BCUT2D eigenvalue weighted by atomic mass is 9.77. The zero-order valence-corrected chi connectivity index (χ0v) is 24.9. The molecule has 1 heterocycles. The van der Waals surface area contributed by atoms with Gasteiger partial charge in [0.25, 0.3) is 0 Å². The molecule has 208 valence electrons. The highest BCUT2D eigenvalue weighted by atomic mass is 16.6. The first kappa shape index (κ1) is 30.9. The zero-order chi connectivity index (χ0) is 28.0. The maximum absolute atomic E-state index is 13.7. The van der Waals surface area contributed by atoms with Crippen LogP contribution >= 0.6 is 0 Å². The number of likely N-dealkylation sites (tertiary alicyclic amines) is 1. The van der Waals surface area contributed by atoms with E-state index in [0.29, 0.717) is 12.3 Å². The molecule has 1 aromatic carbocycles. The number of amides is 2. The van der Waals surface area contributed by atoms with Gasteiger partial charge in [-0.1, -0.05) is 56.3 Å². The van der Waals surface area contributed by atoms with E-state index in [2.05, 4.69) is 76.3 Å². The van der Waals surface area contributed by atoms with E-state index in [0.717, 1.165) is 24.8 Å². The van der Waals surface area contributed by atoms with Crippen LogP contribution in [0.3, 0.4) is 0 Å². The number of hydrogen-bond donors (Lipinski definition) is 2. The second-order valence-corrected chi connectivity index (χ2v) is 13.4. The summed E-state index contributed by atoms with van der Waals surface area (Å²) < 4.78 is 5.48. The van der Waals surface area contributed by atoms with E-state index in [1.807, 2.05) is 51.1 Å².